The Morgan fingerprint density at radius 2 is 1.97 bits per heavy atom. The zero-order chi connectivity index (χ0) is 26.9. The maximum absolute atomic E-state index is 14.0. The van der Waals surface area contributed by atoms with Gasteiger partial charge in [0, 0.05) is 55.4 Å². The fourth-order valence-corrected chi connectivity index (χ4v) is 8.02. The van der Waals surface area contributed by atoms with Crippen LogP contribution in [0.2, 0.25) is 0 Å². The third-order valence-corrected chi connectivity index (χ3v) is 10.1. The number of thiazole rings is 1. The molecule has 37 heavy (non-hydrogen) atoms. The van der Waals surface area contributed by atoms with Gasteiger partial charge in [-0.15, -0.1) is 11.3 Å². The van der Waals surface area contributed by atoms with E-state index >= 15 is 0 Å². The average Bonchev–Trinajstić information content (AvgIpc) is 3.66. The Bertz CT molecular complexity index is 876. The van der Waals surface area contributed by atoms with E-state index in [1.165, 1.54) is 24.4 Å². The summed E-state index contributed by atoms with van der Waals surface area (Å²) in [5.74, 6) is 0.275. The minimum Gasteiger partial charge on any atom is -0.372 e. The highest BCUT2D eigenvalue weighted by atomic mass is 32.1. The van der Waals surface area contributed by atoms with Crippen LogP contribution in [0.1, 0.15) is 91.6 Å². The second-order valence-electron chi connectivity index (χ2n) is 12.5. The first kappa shape index (κ1) is 28.9. The van der Waals surface area contributed by atoms with E-state index in [1.807, 2.05) is 13.2 Å². The van der Waals surface area contributed by atoms with Crippen molar-refractivity contribution in [2.75, 3.05) is 33.3 Å². The summed E-state index contributed by atoms with van der Waals surface area (Å²) in [5.41, 5.74) is -0.178. The second-order valence-corrected chi connectivity index (χ2v) is 13.4. The number of amides is 1. The quantitative estimate of drug-likeness (QED) is 0.437. The Morgan fingerprint density at radius 1 is 1.22 bits per heavy atom. The van der Waals surface area contributed by atoms with E-state index in [4.69, 9.17) is 4.74 Å². The minimum absolute atomic E-state index is 0.0632. The van der Waals surface area contributed by atoms with Crippen LogP contribution in [0.5, 0.6) is 0 Å². The lowest BCUT2D eigenvalue weighted by Gasteiger charge is -2.40. The van der Waals surface area contributed by atoms with Crippen molar-refractivity contribution in [1.82, 2.24) is 24.6 Å². The molecule has 7 nitrogen and oxygen atoms in total. The van der Waals surface area contributed by atoms with Gasteiger partial charge < -0.3 is 9.64 Å². The monoisotopic (exact) mass is 533 g/mol. The van der Waals surface area contributed by atoms with Gasteiger partial charge in [-0.2, -0.15) is 0 Å². The molecule has 0 radical (unpaired) electrons. The minimum atomic E-state index is -0.178. The Balaban J connectivity index is 1.40. The zero-order valence-corrected chi connectivity index (χ0v) is 25.3. The number of rotatable bonds is 10. The van der Waals surface area contributed by atoms with Crippen molar-refractivity contribution >= 4 is 17.2 Å². The van der Waals surface area contributed by atoms with Crippen LogP contribution in [0.15, 0.2) is 11.6 Å². The van der Waals surface area contributed by atoms with Crippen molar-refractivity contribution in [3.8, 4) is 0 Å². The molecule has 5 unspecified atom stereocenters. The van der Waals surface area contributed by atoms with Gasteiger partial charge >= 0.3 is 0 Å². The van der Waals surface area contributed by atoms with Crippen molar-refractivity contribution < 1.29 is 9.53 Å². The van der Waals surface area contributed by atoms with E-state index in [2.05, 4.69) is 78.4 Å². The van der Waals surface area contributed by atoms with Crippen molar-refractivity contribution in [3.05, 3.63) is 16.6 Å². The van der Waals surface area contributed by atoms with Crippen molar-refractivity contribution in [3.63, 3.8) is 0 Å². The number of carbonyl (C=O) groups is 1. The molecule has 4 heterocycles. The summed E-state index contributed by atoms with van der Waals surface area (Å²) in [6.45, 7) is 19.6. The standard InChI is InChI=1S/C29H51N5O2S/c1-9-32-15-10-11-26(32)29(6,7)36-19-22-12-13-24(34(22)21(4)5)28(35)31(8)23-17-25(27-30-14-16-37-27)33(18-23)20(2)3/h14,16,20-26H,9-13,15,17-19H2,1-8H3. The van der Waals surface area contributed by atoms with Crippen LogP contribution in [0.25, 0.3) is 0 Å². The summed E-state index contributed by atoms with van der Waals surface area (Å²) in [6, 6.07) is 1.95. The molecule has 1 aromatic heterocycles. The third-order valence-electron chi connectivity index (χ3n) is 9.27. The normalized spacial score (nSPS) is 30.3. The summed E-state index contributed by atoms with van der Waals surface area (Å²) < 4.78 is 6.67. The molecule has 0 bridgehead atoms. The van der Waals surface area contributed by atoms with Crippen molar-refractivity contribution in [2.45, 2.75) is 128 Å². The van der Waals surface area contributed by atoms with Gasteiger partial charge in [0.2, 0.25) is 5.91 Å². The lowest BCUT2D eigenvalue weighted by Crippen LogP contribution is -2.54. The highest BCUT2D eigenvalue weighted by Crippen LogP contribution is 2.38. The number of nitrogens with zero attached hydrogens (tertiary/aromatic N) is 5. The molecule has 1 amide bonds. The average molecular weight is 534 g/mol. The topological polar surface area (TPSA) is 52.2 Å². The molecule has 0 spiro atoms. The van der Waals surface area contributed by atoms with Crippen LogP contribution in [-0.4, -0.2) is 106 Å². The lowest BCUT2D eigenvalue weighted by molar-refractivity contribution is -0.139. The Kier molecular flexibility index (Phi) is 9.38. The molecule has 0 saturated carbocycles. The SMILES string of the molecule is CCN1CCCC1C(C)(C)OCC1CCC(C(=O)N(C)C2CC(c3nccs3)N(C(C)C)C2)N1C(C)C. The Morgan fingerprint density at radius 3 is 2.59 bits per heavy atom. The van der Waals surface area contributed by atoms with E-state index < -0.39 is 0 Å². The van der Waals surface area contributed by atoms with E-state index in [9.17, 15) is 4.79 Å². The summed E-state index contributed by atoms with van der Waals surface area (Å²) >= 11 is 1.73. The summed E-state index contributed by atoms with van der Waals surface area (Å²) in [5, 5.41) is 3.23. The van der Waals surface area contributed by atoms with Gasteiger partial charge in [0.25, 0.3) is 0 Å². The number of aromatic nitrogens is 1. The van der Waals surface area contributed by atoms with Gasteiger partial charge in [-0.3, -0.25) is 19.5 Å². The number of hydrogen-bond donors (Lipinski definition) is 0. The molecule has 0 N–H and O–H groups in total. The zero-order valence-electron chi connectivity index (χ0n) is 24.5. The van der Waals surface area contributed by atoms with Crippen LogP contribution in [-0.2, 0) is 9.53 Å². The number of hydrogen-bond acceptors (Lipinski definition) is 7. The maximum Gasteiger partial charge on any atom is 0.239 e. The highest BCUT2D eigenvalue weighted by molar-refractivity contribution is 7.09. The molecule has 4 rings (SSSR count). The van der Waals surface area contributed by atoms with Gasteiger partial charge in [-0.1, -0.05) is 6.92 Å². The molecule has 5 atom stereocenters. The predicted molar refractivity (Wildman–Crippen MR) is 152 cm³/mol. The van der Waals surface area contributed by atoms with Gasteiger partial charge in [0.05, 0.1) is 24.3 Å². The number of likely N-dealkylation sites (tertiary alicyclic amines) is 3. The van der Waals surface area contributed by atoms with Crippen LogP contribution in [0.3, 0.4) is 0 Å². The van der Waals surface area contributed by atoms with Crippen molar-refractivity contribution in [1.29, 1.82) is 0 Å². The molecule has 3 aliphatic rings. The van der Waals surface area contributed by atoms with E-state index in [-0.39, 0.29) is 29.6 Å². The summed E-state index contributed by atoms with van der Waals surface area (Å²) in [4.78, 5) is 28.2. The molecule has 210 valence electrons. The Labute approximate surface area is 229 Å². The van der Waals surface area contributed by atoms with Crippen LogP contribution >= 0.6 is 11.3 Å². The molecule has 1 aromatic rings. The van der Waals surface area contributed by atoms with E-state index in [0.717, 1.165) is 32.4 Å². The second kappa shape index (κ2) is 12.0. The van der Waals surface area contributed by atoms with E-state index in [1.54, 1.807) is 11.3 Å². The predicted octanol–water partition coefficient (Wildman–Crippen LogP) is 4.65. The van der Waals surface area contributed by atoms with E-state index in [0.29, 0.717) is 30.8 Å². The lowest BCUT2D eigenvalue weighted by atomic mass is 9.96. The Hall–Kier alpha value is -1.06. The molecule has 0 aliphatic carbocycles. The highest BCUT2D eigenvalue weighted by Gasteiger charge is 2.45. The first-order valence-electron chi connectivity index (χ1n) is 14.6. The third kappa shape index (κ3) is 6.08. The first-order chi connectivity index (χ1) is 17.5. The van der Waals surface area contributed by atoms with Gasteiger partial charge in [0.1, 0.15) is 5.01 Å². The van der Waals surface area contributed by atoms with Crippen LogP contribution in [0.4, 0.5) is 0 Å². The maximum atomic E-state index is 14.0. The summed E-state index contributed by atoms with van der Waals surface area (Å²) in [6.07, 6.45) is 7.26. The fourth-order valence-electron chi connectivity index (χ4n) is 7.25. The van der Waals surface area contributed by atoms with Crippen molar-refractivity contribution in [2.24, 2.45) is 0 Å². The van der Waals surface area contributed by atoms with Crippen LogP contribution in [0, 0.1) is 0 Å². The van der Waals surface area contributed by atoms with Gasteiger partial charge in [0.15, 0.2) is 0 Å². The largest absolute Gasteiger partial charge is 0.372 e. The fraction of sp³-hybridized carbons (Fsp3) is 0.862. The number of carbonyl (C=O) groups excluding carboxylic acids is 1. The van der Waals surface area contributed by atoms with Gasteiger partial charge in [-0.25, -0.2) is 4.98 Å². The first-order valence-corrected chi connectivity index (χ1v) is 15.5. The molecule has 3 fully saturated rings. The summed E-state index contributed by atoms with van der Waals surface area (Å²) in [7, 11) is 2.03. The molecular formula is C29H51N5O2S. The molecule has 3 aliphatic heterocycles. The molecule has 8 heteroatoms. The molecular weight excluding hydrogens is 482 g/mol. The molecule has 0 aromatic carbocycles. The number of ether oxygens (including phenoxy) is 1. The smallest absolute Gasteiger partial charge is 0.239 e. The molecule has 3 saturated heterocycles. The van der Waals surface area contributed by atoms with Crippen LogP contribution < -0.4 is 0 Å². The number of likely N-dealkylation sites (N-methyl/N-ethyl adjacent to an activating group) is 2. The van der Waals surface area contributed by atoms with Gasteiger partial charge in [-0.05, 0) is 86.7 Å².